The zero-order valence-electron chi connectivity index (χ0n) is 12.5. The molecule has 0 heterocycles. The van der Waals surface area contributed by atoms with E-state index in [0.29, 0.717) is 5.69 Å². The third-order valence-corrected chi connectivity index (χ3v) is 3.34. The number of rotatable bonds is 5. The number of anilines is 1. The molecular weight excluding hydrogens is 332 g/mol. The lowest BCUT2D eigenvalue weighted by molar-refractivity contribution is -0.121. The van der Waals surface area contributed by atoms with Crippen molar-refractivity contribution in [2.24, 2.45) is 0 Å². The molecule has 2 rings (SSSR count). The maximum atomic E-state index is 12.2. The van der Waals surface area contributed by atoms with Crippen LogP contribution >= 0.6 is 11.6 Å². The SMILES string of the molecule is N#CCN(C(=O)COC(=O)c1ccc(Cl)cc1O)c1ccccc1. The standard InChI is InChI=1S/C17H13ClN2O4/c18-12-6-7-14(15(21)10-12)17(23)24-11-16(22)20(9-8-19)13-4-2-1-3-5-13/h1-7,10,21H,9,11H2. The quantitative estimate of drug-likeness (QED) is 0.665. The molecule has 0 bridgehead atoms. The second-order valence-electron chi connectivity index (χ2n) is 4.71. The first-order valence-corrected chi connectivity index (χ1v) is 7.28. The number of amides is 1. The Kier molecular flexibility index (Phi) is 5.77. The van der Waals surface area contributed by atoms with Gasteiger partial charge in [-0.15, -0.1) is 0 Å². The first-order chi connectivity index (χ1) is 11.5. The van der Waals surface area contributed by atoms with Crippen LogP contribution in [0, 0.1) is 11.3 Å². The summed E-state index contributed by atoms with van der Waals surface area (Å²) in [5, 5.41) is 18.8. The van der Waals surface area contributed by atoms with E-state index in [1.165, 1.54) is 23.1 Å². The van der Waals surface area contributed by atoms with Crippen LogP contribution in [0.25, 0.3) is 0 Å². The first-order valence-electron chi connectivity index (χ1n) is 6.91. The summed E-state index contributed by atoms with van der Waals surface area (Å²) in [7, 11) is 0. The number of hydrogen-bond acceptors (Lipinski definition) is 5. The van der Waals surface area contributed by atoms with Crippen LogP contribution in [0.2, 0.25) is 5.02 Å². The second-order valence-corrected chi connectivity index (χ2v) is 5.15. The number of carbonyl (C=O) groups excluding carboxylic acids is 2. The minimum atomic E-state index is -0.859. The number of esters is 1. The summed E-state index contributed by atoms with van der Waals surface area (Å²) in [6.45, 7) is -0.732. The molecular formula is C17H13ClN2O4. The smallest absolute Gasteiger partial charge is 0.342 e. The number of nitrogens with zero attached hydrogens (tertiary/aromatic N) is 2. The zero-order valence-corrected chi connectivity index (χ0v) is 13.2. The highest BCUT2D eigenvalue weighted by molar-refractivity contribution is 6.30. The molecule has 0 aliphatic rings. The Morgan fingerprint density at radius 3 is 2.54 bits per heavy atom. The van der Waals surface area contributed by atoms with Gasteiger partial charge in [0.1, 0.15) is 17.9 Å². The molecule has 122 valence electrons. The van der Waals surface area contributed by atoms with Gasteiger partial charge in [-0.25, -0.2) is 4.79 Å². The van der Waals surface area contributed by atoms with Crippen LogP contribution in [0.15, 0.2) is 48.5 Å². The molecule has 0 spiro atoms. The number of ether oxygens (including phenoxy) is 1. The molecule has 2 aromatic carbocycles. The van der Waals surface area contributed by atoms with Gasteiger partial charge in [-0.05, 0) is 30.3 Å². The molecule has 0 unspecified atom stereocenters. The molecule has 0 saturated carbocycles. The normalized spacial score (nSPS) is 9.83. The molecule has 0 atom stereocenters. The number of phenols is 1. The molecule has 0 aromatic heterocycles. The number of nitriles is 1. The summed E-state index contributed by atoms with van der Waals surface area (Å²) < 4.78 is 4.92. The highest BCUT2D eigenvalue weighted by atomic mass is 35.5. The molecule has 0 aliphatic carbocycles. The molecule has 0 aliphatic heterocycles. The van der Waals surface area contributed by atoms with E-state index in [9.17, 15) is 14.7 Å². The first kappa shape index (κ1) is 17.3. The van der Waals surface area contributed by atoms with Crippen LogP contribution in [0.5, 0.6) is 5.75 Å². The van der Waals surface area contributed by atoms with Crippen molar-refractivity contribution in [3.8, 4) is 11.8 Å². The fraction of sp³-hybridized carbons (Fsp3) is 0.118. The number of aromatic hydroxyl groups is 1. The highest BCUT2D eigenvalue weighted by Gasteiger charge is 2.19. The Hall–Kier alpha value is -3.04. The van der Waals surface area contributed by atoms with Crippen molar-refractivity contribution in [2.75, 3.05) is 18.1 Å². The summed E-state index contributed by atoms with van der Waals surface area (Å²) >= 11 is 5.69. The summed E-state index contributed by atoms with van der Waals surface area (Å²) in [6, 6.07) is 14.4. The predicted octanol–water partition coefficient (Wildman–Crippen LogP) is 2.76. The predicted molar refractivity (Wildman–Crippen MR) is 87.8 cm³/mol. The number of phenolic OH excluding ortho intramolecular Hbond substituents is 1. The van der Waals surface area contributed by atoms with Crippen molar-refractivity contribution < 1.29 is 19.4 Å². The third-order valence-electron chi connectivity index (χ3n) is 3.10. The molecule has 1 N–H and O–H groups in total. The molecule has 0 saturated heterocycles. The Labute approximate surface area is 143 Å². The average Bonchev–Trinajstić information content (AvgIpc) is 2.58. The number of hydrogen-bond donors (Lipinski definition) is 1. The maximum Gasteiger partial charge on any atom is 0.342 e. The van der Waals surface area contributed by atoms with Gasteiger partial charge in [-0.3, -0.25) is 9.69 Å². The van der Waals surface area contributed by atoms with Gasteiger partial charge in [0, 0.05) is 10.7 Å². The number of benzene rings is 2. The van der Waals surface area contributed by atoms with E-state index in [0.717, 1.165) is 0 Å². The van der Waals surface area contributed by atoms with Gasteiger partial charge in [0.05, 0.1) is 6.07 Å². The Morgan fingerprint density at radius 1 is 1.21 bits per heavy atom. The van der Waals surface area contributed by atoms with Gasteiger partial charge in [-0.2, -0.15) is 5.26 Å². The minimum Gasteiger partial charge on any atom is -0.507 e. The van der Waals surface area contributed by atoms with Crippen molar-refractivity contribution in [1.82, 2.24) is 0 Å². The Bertz CT molecular complexity index is 787. The summed E-state index contributed by atoms with van der Waals surface area (Å²) in [5.41, 5.74) is 0.424. The lowest BCUT2D eigenvalue weighted by Crippen LogP contribution is -2.35. The zero-order chi connectivity index (χ0) is 17.5. The maximum absolute atomic E-state index is 12.2. The Balaban J connectivity index is 2.05. The van der Waals surface area contributed by atoms with Crippen molar-refractivity contribution in [2.45, 2.75) is 0 Å². The van der Waals surface area contributed by atoms with E-state index in [1.54, 1.807) is 30.3 Å². The monoisotopic (exact) mass is 344 g/mol. The van der Waals surface area contributed by atoms with Crippen LogP contribution < -0.4 is 4.90 Å². The van der Waals surface area contributed by atoms with Gasteiger partial charge < -0.3 is 9.84 Å². The van der Waals surface area contributed by atoms with E-state index in [4.69, 9.17) is 21.6 Å². The van der Waals surface area contributed by atoms with Crippen LogP contribution in [-0.2, 0) is 9.53 Å². The largest absolute Gasteiger partial charge is 0.507 e. The summed E-state index contributed by atoms with van der Waals surface area (Å²) in [4.78, 5) is 25.4. The second kappa shape index (κ2) is 7.99. The summed E-state index contributed by atoms with van der Waals surface area (Å²) in [5.74, 6) is -1.75. The van der Waals surface area contributed by atoms with Gasteiger partial charge in [0.25, 0.3) is 5.91 Å². The van der Waals surface area contributed by atoms with Gasteiger partial charge >= 0.3 is 5.97 Å². The third kappa shape index (κ3) is 4.24. The molecule has 2 aromatic rings. The van der Waals surface area contributed by atoms with Gasteiger partial charge in [0.2, 0.25) is 0 Å². The van der Waals surface area contributed by atoms with E-state index in [2.05, 4.69) is 0 Å². The fourth-order valence-corrected chi connectivity index (χ4v) is 2.13. The number of carbonyl (C=O) groups is 2. The number of halogens is 1. The molecule has 1 amide bonds. The lowest BCUT2D eigenvalue weighted by atomic mass is 10.2. The van der Waals surface area contributed by atoms with Gasteiger partial charge in [0.15, 0.2) is 6.61 Å². The van der Waals surface area contributed by atoms with Crippen LogP contribution in [0.3, 0.4) is 0 Å². The molecule has 0 fully saturated rings. The molecule has 0 radical (unpaired) electrons. The number of para-hydroxylation sites is 1. The molecule has 24 heavy (non-hydrogen) atoms. The van der Waals surface area contributed by atoms with Crippen molar-refractivity contribution >= 4 is 29.2 Å². The van der Waals surface area contributed by atoms with Gasteiger partial charge in [-0.1, -0.05) is 29.8 Å². The van der Waals surface area contributed by atoms with Crippen LogP contribution in [0.1, 0.15) is 10.4 Å². The van der Waals surface area contributed by atoms with E-state index in [-0.39, 0.29) is 22.9 Å². The Morgan fingerprint density at radius 2 is 1.92 bits per heavy atom. The van der Waals surface area contributed by atoms with E-state index >= 15 is 0 Å². The van der Waals surface area contributed by atoms with Crippen LogP contribution in [0.4, 0.5) is 5.69 Å². The van der Waals surface area contributed by atoms with Crippen molar-refractivity contribution in [3.63, 3.8) is 0 Å². The average molecular weight is 345 g/mol. The minimum absolute atomic E-state index is 0.0984. The molecule has 7 heteroatoms. The van der Waals surface area contributed by atoms with E-state index < -0.39 is 18.5 Å². The fourth-order valence-electron chi connectivity index (χ4n) is 1.96. The topological polar surface area (TPSA) is 90.6 Å². The van der Waals surface area contributed by atoms with Crippen molar-refractivity contribution in [3.05, 3.63) is 59.1 Å². The lowest BCUT2D eigenvalue weighted by Gasteiger charge is -2.19. The summed E-state index contributed by atoms with van der Waals surface area (Å²) in [6.07, 6.45) is 0. The van der Waals surface area contributed by atoms with Crippen molar-refractivity contribution in [1.29, 1.82) is 5.26 Å². The highest BCUT2D eigenvalue weighted by Crippen LogP contribution is 2.22. The van der Waals surface area contributed by atoms with E-state index in [1.807, 2.05) is 6.07 Å². The van der Waals surface area contributed by atoms with Crippen LogP contribution in [-0.4, -0.2) is 30.1 Å². The molecule has 6 nitrogen and oxygen atoms in total.